The lowest BCUT2D eigenvalue weighted by atomic mass is 9.95. The molecule has 0 aromatic rings. The van der Waals surface area contributed by atoms with E-state index in [-0.39, 0.29) is 35.8 Å². The molecular formula is C13H24N2O3S. The maximum absolute atomic E-state index is 12.0. The average molecular weight is 288 g/mol. The van der Waals surface area contributed by atoms with E-state index in [2.05, 4.69) is 5.32 Å². The molecule has 110 valence electrons. The molecule has 0 unspecified atom stereocenters. The minimum atomic E-state index is -3.00. The van der Waals surface area contributed by atoms with E-state index in [1.54, 1.807) is 0 Å². The van der Waals surface area contributed by atoms with Crippen LogP contribution in [0.5, 0.6) is 0 Å². The number of nitrogens with one attached hydrogen (secondary N) is 1. The van der Waals surface area contributed by atoms with Crippen molar-refractivity contribution in [2.45, 2.75) is 32.1 Å². The van der Waals surface area contributed by atoms with Gasteiger partial charge in [0.2, 0.25) is 5.91 Å². The predicted octanol–water partition coefficient (Wildman–Crippen LogP) is 0.302. The van der Waals surface area contributed by atoms with E-state index >= 15 is 0 Å². The Morgan fingerprint density at radius 1 is 1.21 bits per heavy atom. The molecule has 0 spiro atoms. The lowest BCUT2D eigenvalue weighted by Crippen LogP contribution is -2.37. The fourth-order valence-electron chi connectivity index (χ4n) is 2.85. The smallest absolute Gasteiger partial charge is 0.223 e. The lowest BCUT2D eigenvalue weighted by molar-refractivity contribution is -0.125. The van der Waals surface area contributed by atoms with Gasteiger partial charge in [-0.25, -0.2) is 8.42 Å². The van der Waals surface area contributed by atoms with E-state index < -0.39 is 9.84 Å². The van der Waals surface area contributed by atoms with Crippen molar-refractivity contribution < 1.29 is 13.2 Å². The van der Waals surface area contributed by atoms with E-state index in [0.717, 1.165) is 32.1 Å². The summed E-state index contributed by atoms with van der Waals surface area (Å²) in [5.74, 6) is 0.957. The van der Waals surface area contributed by atoms with Crippen LogP contribution in [0, 0.1) is 17.8 Å². The van der Waals surface area contributed by atoms with Crippen molar-refractivity contribution in [1.82, 2.24) is 5.32 Å². The first-order valence-electron chi connectivity index (χ1n) is 7.20. The van der Waals surface area contributed by atoms with Gasteiger partial charge in [-0.15, -0.1) is 0 Å². The van der Waals surface area contributed by atoms with Gasteiger partial charge in [-0.05, 0) is 44.1 Å². The van der Waals surface area contributed by atoms with Gasteiger partial charge in [-0.2, -0.15) is 0 Å². The molecule has 0 radical (unpaired) electrons. The van der Waals surface area contributed by atoms with Crippen molar-refractivity contribution in [2.75, 3.05) is 24.6 Å². The zero-order valence-corrected chi connectivity index (χ0v) is 12.1. The van der Waals surface area contributed by atoms with Crippen LogP contribution < -0.4 is 11.1 Å². The summed E-state index contributed by atoms with van der Waals surface area (Å²) < 4.78 is 23.5. The highest BCUT2D eigenvalue weighted by atomic mass is 32.2. The van der Waals surface area contributed by atoms with E-state index in [1.165, 1.54) is 0 Å². The molecule has 19 heavy (non-hydrogen) atoms. The van der Waals surface area contributed by atoms with Crippen LogP contribution in [0.25, 0.3) is 0 Å². The Morgan fingerprint density at radius 2 is 1.95 bits per heavy atom. The van der Waals surface area contributed by atoms with Gasteiger partial charge >= 0.3 is 0 Å². The highest BCUT2D eigenvalue weighted by Gasteiger charge is 2.32. The Kier molecular flexibility index (Phi) is 4.84. The zero-order chi connectivity index (χ0) is 13.9. The van der Waals surface area contributed by atoms with Gasteiger partial charge in [-0.1, -0.05) is 6.42 Å². The monoisotopic (exact) mass is 288 g/mol. The highest BCUT2D eigenvalue weighted by Crippen LogP contribution is 2.31. The minimum absolute atomic E-state index is 0.0175. The van der Waals surface area contributed by atoms with Crippen LogP contribution in [0.2, 0.25) is 0 Å². The first-order chi connectivity index (χ1) is 9.02. The third-order valence-corrected chi connectivity index (χ3v) is 6.00. The van der Waals surface area contributed by atoms with Gasteiger partial charge < -0.3 is 11.1 Å². The fraction of sp³-hybridized carbons (Fsp3) is 0.923. The Hall–Kier alpha value is -0.620. The van der Waals surface area contributed by atoms with E-state index in [1.807, 2.05) is 0 Å². The Bertz CT molecular complexity index is 418. The standard InChI is InChI=1S/C13H24N2O3S/c14-8-11-2-1-3-12(11)13(16)15-6-7-19(17,18)9-10-4-5-10/h10-12H,1-9,14H2,(H,15,16)/t11-,12-/m1/s1. The molecule has 5 nitrogen and oxygen atoms in total. The average Bonchev–Trinajstić information content (AvgIpc) is 3.01. The maximum Gasteiger partial charge on any atom is 0.223 e. The van der Waals surface area contributed by atoms with Gasteiger partial charge in [0, 0.05) is 12.5 Å². The second-order valence-electron chi connectivity index (χ2n) is 5.88. The number of amides is 1. The molecule has 2 rings (SSSR count). The van der Waals surface area contributed by atoms with Crippen LogP contribution in [0.15, 0.2) is 0 Å². The topological polar surface area (TPSA) is 89.3 Å². The fourth-order valence-corrected chi connectivity index (χ4v) is 4.48. The molecule has 0 heterocycles. The molecule has 6 heteroatoms. The van der Waals surface area contributed by atoms with Crippen LogP contribution in [-0.4, -0.2) is 38.9 Å². The summed E-state index contributed by atoms with van der Waals surface area (Å²) in [4.78, 5) is 12.0. The van der Waals surface area contributed by atoms with Crippen LogP contribution in [-0.2, 0) is 14.6 Å². The van der Waals surface area contributed by atoms with Crippen molar-refractivity contribution in [1.29, 1.82) is 0 Å². The van der Waals surface area contributed by atoms with Gasteiger partial charge in [0.1, 0.15) is 0 Å². The molecule has 0 saturated heterocycles. The summed E-state index contributed by atoms with van der Waals surface area (Å²) in [5, 5.41) is 2.77. The maximum atomic E-state index is 12.0. The second kappa shape index (κ2) is 6.22. The first-order valence-corrected chi connectivity index (χ1v) is 9.02. The predicted molar refractivity (Wildman–Crippen MR) is 74.3 cm³/mol. The summed E-state index contributed by atoms with van der Waals surface area (Å²) in [7, 11) is -3.00. The van der Waals surface area contributed by atoms with Gasteiger partial charge in [0.25, 0.3) is 0 Å². The molecule has 2 saturated carbocycles. The summed E-state index contributed by atoms with van der Waals surface area (Å²) in [6.07, 6.45) is 4.99. The molecule has 2 aliphatic carbocycles. The summed E-state index contributed by atoms with van der Waals surface area (Å²) in [5.41, 5.74) is 5.65. The number of nitrogens with two attached hydrogens (primary N) is 1. The van der Waals surface area contributed by atoms with Gasteiger partial charge in [0.05, 0.1) is 11.5 Å². The first kappa shape index (κ1) is 14.8. The van der Waals surface area contributed by atoms with Crippen molar-refractivity contribution in [3.63, 3.8) is 0 Å². The largest absolute Gasteiger partial charge is 0.355 e. The van der Waals surface area contributed by atoms with Crippen LogP contribution in [0.3, 0.4) is 0 Å². The van der Waals surface area contributed by atoms with Crippen molar-refractivity contribution >= 4 is 15.7 Å². The Labute approximate surface area is 115 Å². The van der Waals surface area contributed by atoms with Crippen LogP contribution in [0.4, 0.5) is 0 Å². The molecule has 2 atom stereocenters. The number of hydrogen-bond donors (Lipinski definition) is 2. The molecule has 3 N–H and O–H groups in total. The van der Waals surface area contributed by atoms with Gasteiger partial charge in [-0.3, -0.25) is 4.79 Å². The summed E-state index contributed by atoms with van der Waals surface area (Å²) >= 11 is 0. The molecule has 0 aliphatic heterocycles. The Morgan fingerprint density at radius 3 is 2.58 bits per heavy atom. The number of rotatable bonds is 7. The number of carbonyl (C=O) groups excluding carboxylic acids is 1. The third kappa shape index (κ3) is 4.45. The van der Waals surface area contributed by atoms with Crippen molar-refractivity contribution in [3.8, 4) is 0 Å². The quantitative estimate of drug-likeness (QED) is 0.705. The number of sulfone groups is 1. The third-order valence-electron chi connectivity index (χ3n) is 4.20. The summed E-state index contributed by atoms with van der Waals surface area (Å²) in [6.45, 7) is 0.778. The van der Waals surface area contributed by atoms with Gasteiger partial charge in [0.15, 0.2) is 9.84 Å². The van der Waals surface area contributed by atoms with Crippen molar-refractivity contribution in [2.24, 2.45) is 23.5 Å². The van der Waals surface area contributed by atoms with E-state index in [4.69, 9.17) is 5.73 Å². The summed E-state index contributed by atoms with van der Waals surface area (Å²) in [6, 6.07) is 0. The molecule has 1 amide bonds. The molecule has 0 aromatic carbocycles. The van der Waals surface area contributed by atoms with Crippen LogP contribution >= 0.6 is 0 Å². The molecular weight excluding hydrogens is 264 g/mol. The zero-order valence-electron chi connectivity index (χ0n) is 11.3. The second-order valence-corrected chi connectivity index (χ2v) is 8.11. The minimum Gasteiger partial charge on any atom is -0.355 e. The molecule has 0 aromatic heterocycles. The molecule has 2 fully saturated rings. The van der Waals surface area contributed by atoms with Crippen molar-refractivity contribution in [3.05, 3.63) is 0 Å². The number of carbonyl (C=O) groups is 1. The van der Waals surface area contributed by atoms with E-state index in [9.17, 15) is 13.2 Å². The SMILES string of the molecule is NC[C@H]1CCC[C@H]1C(=O)NCCS(=O)(=O)CC1CC1. The lowest BCUT2D eigenvalue weighted by Gasteiger charge is -2.17. The van der Waals surface area contributed by atoms with E-state index in [0.29, 0.717) is 12.5 Å². The normalized spacial score (nSPS) is 27.4. The Balaban J connectivity index is 1.71. The molecule has 2 aliphatic rings. The van der Waals surface area contributed by atoms with Crippen LogP contribution in [0.1, 0.15) is 32.1 Å². The number of hydrogen-bond acceptors (Lipinski definition) is 4. The molecule has 0 bridgehead atoms. The highest BCUT2D eigenvalue weighted by molar-refractivity contribution is 7.91.